The molecule has 0 saturated heterocycles. The van der Waals surface area contributed by atoms with Crippen molar-refractivity contribution in [3.63, 3.8) is 0 Å². The fourth-order valence-corrected chi connectivity index (χ4v) is 4.67. The van der Waals surface area contributed by atoms with Crippen LogP contribution in [-0.2, 0) is 16.4 Å². The molecule has 2 N–H and O–H groups in total. The Morgan fingerprint density at radius 1 is 0.946 bits per heavy atom. The van der Waals surface area contributed by atoms with E-state index in [1.807, 2.05) is 12.1 Å². The third kappa shape index (κ3) is 5.99. The number of nitrogens with one attached hydrogen (secondary N) is 2. The summed E-state index contributed by atoms with van der Waals surface area (Å²) in [6, 6.07) is 14.6. The Kier molecular flexibility index (Phi) is 7.63. The molecule has 4 aromatic rings. The average molecular weight is 558 g/mol. The Labute approximate surface area is 223 Å². The van der Waals surface area contributed by atoms with Crippen LogP contribution in [0.2, 0.25) is 10.0 Å². The second kappa shape index (κ2) is 10.7. The van der Waals surface area contributed by atoms with Gasteiger partial charge in [0.05, 0.1) is 26.3 Å². The zero-order valence-electron chi connectivity index (χ0n) is 19.7. The summed E-state index contributed by atoms with van der Waals surface area (Å²) in [5.74, 6) is 0. The topological polar surface area (TPSA) is 123 Å². The number of urea groups is 1. The van der Waals surface area contributed by atoms with Crippen molar-refractivity contribution < 1.29 is 13.2 Å². The van der Waals surface area contributed by atoms with E-state index in [0.29, 0.717) is 16.8 Å². The Hall–Kier alpha value is -3.73. The number of hydrogen-bond acceptors (Lipinski definition) is 6. The van der Waals surface area contributed by atoms with Gasteiger partial charge < -0.3 is 10.6 Å². The van der Waals surface area contributed by atoms with Crippen molar-refractivity contribution in [1.29, 1.82) is 0 Å². The van der Waals surface area contributed by atoms with Gasteiger partial charge in [-0.2, -0.15) is 5.10 Å². The van der Waals surface area contributed by atoms with Gasteiger partial charge >= 0.3 is 6.03 Å². The third-order valence-corrected chi connectivity index (χ3v) is 7.05. The molecule has 190 valence electrons. The van der Waals surface area contributed by atoms with Crippen molar-refractivity contribution in [2.24, 2.45) is 0 Å². The zero-order chi connectivity index (χ0) is 26.7. The number of aromatic nitrogens is 3. The van der Waals surface area contributed by atoms with Crippen molar-refractivity contribution >= 4 is 50.4 Å². The number of carbonyl (C=O) groups excluding carboxylic acids is 1. The number of amides is 2. The number of halogens is 2. The number of benzene rings is 2. The highest BCUT2D eigenvalue weighted by Crippen LogP contribution is 2.29. The van der Waals surface area contributed by atoms with E-state index in [9.17, 15) is 18.0 Å². The molecule has 0 aliphatic carbocycles. The third-order valence-electron chi connectivity index (χ3n) is 5.37. The lowest BCUT2D eigenvalue weighted by atomic mass is 10.0. The van der Waals surface area contributed by atoms with E-state index in [1.54, 1.807) is 37.3 Å². The lowest BCUT2D eigenvalue weighted by Crippen LogP contribution is -2.29. The molecule has 0 unspecified atom stereocenters. The van der Waals surface area contributed by atoms with Gasteiger partial charge in [-0.3, -0.25) is 9.78 Å². The summed E-state index contributed by atoms with van der Waals surface area (Å²) in [6.07, 6.45) is 3.81. The summed E-state index contributed by atoms with van der Waals surface area (Å²) >= 11 is 12.1. The van der Waals surface area contributed by atoms with Gasteiger partial charge in [0.2, 0.25) is 0 Å². The van der Waals surface area contributed by atoms with Crippen LogP contribution in [0.15, 0.2) is 76.7 Å². The number of aryl methyl sites for hydroxylation is 1. The van der Waals surface area contributed by atoms with Crippen molar-refractivity contribution in [2.45, 2.75) is 18.4 Å². The molecule has 2 aromatic carbocycles. The molecule has 0 radical (unpaired) electrons. The number of carbonyl (C=O) groups is 1. The smallest absolute Gasteiger partial charge is 0.305 e. The van der Waals surface area contributed by atoms with Gasteiger partial charge in [0.15, 0.2) is 9.84 Å². The Bertz CT molecular complexity index is 1650. The zero-order valence-corrected chi connectivity index (χ0v) is 22.0. The van der Waals surface area contributed by atoms with Crippen LogP contribution in [0.5, 0.6) is 0 Å². The fraction of sp³-hybridized carbons (Fsp3) is 0.120. The molecule has 2 aromatic heterocycles. The number of hydrogen-bond donors (Lipinski definition) is 2. The Morgan fingerprint density at radius 3 is 2.22 bits per heavy atom. The predicted octanol–water partition coefficient (Wildman–Crippen LogP) is 5.35. The molecular weight excluding hydrogens is 537 g/mol. The van der Waals surface area contributed by atoms with Crippen LogP contribution in [0.1, 0.15) is 6.92 Å². The number of anilines is 2. The number of pyridine rings is 1. The minimum Gasteiger partial charge on any atom is -0.305 e. The van der Waals surface area contributed by atoms with E-state index in [2.05, 4.69) is 20.7 Å². The molecule has 2 amide bonds. The highest BCUT2D eigenvalue weighted by molar-refractivity contribution is 7.90. The summed E-state index contributed by atoms with van der Waals surface area (Å²) in [4.78, 5) is 29.6. The van der Waals surface area contributed by atoms with Crippen LogP contribution in [0.25, 0.3) is 22.4 Å². The molecule has 37 heavy (non-hydrogen) atoms. The molecule has 0 atom stereocenters. The van der Waals surface area contributed by atoms with E-state index in [4.69, 9.17) is 23.2 Å². The van der Waals surface area contributed by atoms with Gasteiger partial charge in [-0.05, 0) is 42.3 Å². The minimum atomic E-state index is -3.37. The molecule has 9 nitrogen and oxygen atoms in total. The van der Waals surface area contributed by atoms with Gasteiger partial charge in [-0.1, -0.05) is 53.5 Å². The van der Waals surface area contributed by atoms with Crippen molar-refractivity contribution in [3.8, 4) is 22.4 Å². The molecular formula is C25H21Cl2N5O4S. The summed E-state index contributed by atoms with van der Waals surface area (Å²) in [7, 11) is -3.37. The van der Waals surface area contributed by atoms with E-state index in [0.717, 1.165) is 11.8 Å². The van der Waals surface area contributed by atoms with Crippen molar-refractivity contribution in [3.05, 3.63) is 87.4 Å². The van der Waals surface area contributed by atoms with Gasteiger partial charge in [-0.15, -0.1) is 0 Å². The van der Waals surface area contributed by atoms with E-state index < -0.39 is 21.4 Å². The minimum absolute atomic E-state index is 0.00451. The SMILES string of the molecule is CCn1nc(-c2cccc(-c3cccc(S(C)(=O)=O)c3)c2)cc(NC(=O)Nc2c(Cl)cncc2Cl)c1=O. The Balaban J connectivity index is 1.69. The van der Waals surface area contributed by atoms with E-state index >= 15 is 0 Å². The first kappa shape index (κ1) is 26.3. The van der Waals surface area contributed by atoms with Crippen molar-refractivity contribution in [1.82, 2.24) is 14.8 Å². The monoisotopic (exact) mass is 557 g/mol. The van der Waals surface area contributed by atoms with Gasteiger partial charge in [-0.25, -0.2) is 17.9 Å². The largest absolute Gasteiger partial charge is 0.323 e. The van der Waals surface area contributed by atoms with Gasteiger partial charge in [0, 0.05) is 30.8 Å². The number of sulfone groups is 1. The molecule has 12 heteroatoms. The molecule has 0 aliphatic rings. The van der Waals surface area contributed by atoms with Crippen LogP contribution in [0.4, 0.5) is 16.2 Å². The molecule has 0 spiro atoms. The van der Waals surface area contributed by atoms with Crippen LogP contribution in [0.3, 0.4) is 0 Å². The van der Waals surface area contributed by atoms with Crippen LogP contribution < -0.4 is 16.2 Å². The maximum absolute atomic E-state index is 12.9. The summed E-state index contributed by atoms with van der Waals surface area (Å²) < 4.78 is 25.2. The van der Waals surface area contributed by atoms with Gasteiger partial charge in [0.25, 0.3) is 5.56 Å². The van der Waals surface area contributed by atoms with Crippen molar-refractivity contribution in [2.75, 3.05) is 16.9 Å². The van der Waals surface area contributed by atoms with Crippen LogP contribution >= 0.6 is 23.2 Å². The maximum Gasteiger partial charge on any atom is 0.323 e. The average Bonchev–Trinajstić information content (AvgIpc) is 2.87. The predicted molar refractivity (Wildman–Crippen MR) is 145 cm³/mol. The lowest BCUT2D eigenvalue weighted by Gasteiger charge is -2.13. The molecule has 0 aliphatic heterocycles. The summed E-state index contributed by atoms with van der Waals surface area (Å²) in [5, 5.41) is 9.77. The molecule has 4 rings (SSSR count). The fourth-order valence-electron chi connectivity index (χ4n) is 3.55. The number of rotatable bonds is 6. The van der Waals surface area contributed by atoms with Crippen LogP contribution in [-0.4, -0.2) is 35.5 Å². The first-order chi connectivity index (χ1) is 17.6. The van der Waals surface area contributed by atoms with Gasteiger partial charge in [0.1, 0.15) is 5.69 Å². The second-order valence-electron chi connectivity index (χ2n) is 8.00. The second-order valence-corrected chi connectivity index (χ2v) is 10.8. The summed E-state index contributed by atoms with van der Waals surface area (Å²) in [5.41, 5.74) is 2.21. The first-order valence-corrected chi connectivity index (χ1v) is 13.6. The highest BCUT2D eigenvalue weighted by Gasteiger charge is 2.15. The lowest BCUT2D eigenvalue weighted by molar-refractivity contribution is 0.262. The van der Waals surface area contributed by atoms with E-state index in [-0.39, 0.29) is 32.9 Å². The van der Waals surface area contributed by atoms with E-state index in [1.165, 1.54) is 29.2 Å². The molecule has 0 bridgehead atoms. The molecule has 0 saturated carbocycles. The molecule has 0 fully saturated rings. The van der Waals surface area contributed by atoms with Crippen LogP contribution in [0, 0.1) is 0 Å². The summed E-state index contributed by atoms with van der Waals surface area (Å²) in [6.45, 7) is 2.02. The standard InChI is InChI=1S/C25H21Cl2N5O4S/c1-3-32-24(33)22(29-25(34)30-23-19(26)13-28-14-20(23)27)12-21(31-32)17-8-4-6-15(10-17)16-7-5-9-18(11-16)37(2,35)36/h4-14H,3H2,1-2H3,(H2,28,29,30,34). The maximum atomic E-state index is 12.9. The quantitative estimate of drug-likeness (QED) is 0.329. The Morgan fingerprint density at radius 2 is 1.57 bits per heavy atom. The molecule has 2 heterocycles. The normalized spacial score (nSPS) is 11.2. The number of nitrogens with zero attached hydrogens (tertiary/aromatic N) is 3. The first-order valence-electron chi connectivity index (χ1n) is 11.0. The highest BCUT2D eigenvalue weighted by atomic mass is 35.5.